The summed E-state index contributed by atoms with van der Waals surface area (Å²) >= 11 is 3.26. The standard InChI is InChI=1S/C7H8BrNO.C2H6/c1-5-6(4-10)2-7(8)3-9-5;1-2/h2-3,10H,4H2,1H3;1-2H3. The Balaban J connectivity index is 0.000000561. The first kappa shape index (κ1) is 11.6. The molecule has 68 valence electrons. The molecule has 0 aliphatic heterocycles. The lowest BCUT2D eigenvalue weighted by molar-refractivity contribution is 0.280. The average molecular weight is 232 g/mol. The normalized spacial score (nSPS) is 8.75. The summed E-state index contributed by atoms with van der Waals surface area (Å²) in [6.07, 6.45) is 1.72. The number of aryl methyl sites for hydroxylation is 1. The molecule has 0 radical (unpaired) electrons. The molecule has 1 N–H and O–H groups in total. The lowest BCUT2D eigenvalue weighted by Gasteiger charge is -1.99. The van der Waals surface area contributed by atoms with Crippen molar-refractivity contribution in [3.8, 4) is 0 Å². The van der Waals surface area contributed by atoms with E-state index < -0.39 is 0 Å². The molecule has 0 atom stereocenters. The smallest absolute Gasteiger partial charge is 0.0699 e. The second-order valence-electron chi connectivity index (χ2n) is 2.06. The molecule has 0 fully saturated rings. The summed E-state index contributed by atoms with van der Waals surface area (Å²) in [4.78, 5) is 4.04. The van der Waals surface area contributed by atoms with Crippen LogP contribution in [0, 0.1) is 6.92 Å². The van der Waals surface area contributed by atoms with Gasteiger partial charge >= 0.3 is 0 Å². The summed E-state index contributed by atoms with van der Waals surface area (Å²) in [6, 6.07) is 1.86. The Hall–Kier alpha value is -0.410. The van der Waals surface area contributed by atoms with Gasteiger partial charge in [0.2, 0.25) is 0 Å². The fourth-order valence-corrected chi connectivity index (χ4v) is 1.09. The van der Waals surface area contributed by atoms with Gasteiger partial charge in [-0.05, 0) is 34.5 Å². The quantitative estimate of drug-likeness (QED) is 0.807. The number of halogens is 1. The van der Waals surface area contributed by atoms with Crippen LogP contribution in [0.2, 0.25) is 0 Å². The van der Waals surface area contributed by atoms with Crippen LogP contribution in [0.3, 0.4) is 0 Å². The van der Waals surface area contributed by atoms with E-state index in [2.05, 4.69) is 20.9 Å². The molecule has 1 aromatic rings. The van der Waals surface area contributed by atoms with Crippen molar-refractivity contribution < 1.29 is 5.11 Å². The van der Waals surface area contributed by atoms with Crippen LogP contribution in [0.15, 0.2) is 16.7 Å². The molecule has 3 heteroatoms. The second kappa shape index (κ2) is 6.14. The zero-order valence-electron chi connectivity index (χ0n) is 7.63. The molecule has 0 aromatic carbocycles. The van der Waals surface area contributed by atoms with E-state index in [9.17, 15) is 0 Å². The SMILES string of the molecule is CC.Cc1ncc(Br)cc1CO. The van der Waals surface area contributed by atoms with Crippen molar-refractivity contribution in [1.29, 1.82) is 0 Å². The van der Waals surface area contributed by atoms with Crippen LogP contribution in [-0.4, -0.2) is 10.1 Å². The Bertz CT molecular complexity index is 238. The third-order valence-corrected chi connectivity index (χ3v) is 1.76. The van der Waals surface area contributed by atoms with E-state index in [0.717, 1.165) is 15.7 Å². The summed E-state index contributed by atoms with van der Waals surface area (Å²) in [5.74, 6) is 0. The molecule has 0 saturated heterocycles. The third-order valence-electron chi connectivity index (χ3n) is 1.33. The lowest BCUT2D eigenvalue weighted by atomic mass is 10.2. The number of pyridine rings is 1. The molecule has 2 nitrogen and oxygen atoms in total. The van der Waals surface area contributed by atoms with E-state index in [1.165, 1.54) is 0 Å². The molecular weight excluding hydrogens is 218 g/mol. The van der Waals surface area contributed by atoms with Crippen LogP contribution in [0.4, 0.5) is 0 Å². The molecule has 0 spiro atoms. The zero-order valence-corrected chi connectivity index (χ0v) is 9.22. The molecule has 0 bridgehead atoms. The van der Waals surface area contributed by atoms with Crippen molar-refractivity contribution in [2.24, 2.45) is 0 Å². The predicted octanol–water partition coefficient (Wildman–Crippen LogP) is 2.67. The number of aliphatic hydroxyl groups excluding tert-OH is 1. The number of nitrogens with zero attached hydrogens (tertiary/aromatic N) is 1. The van der Waals surface area contributed by atoms with Gasteiger partial charge in [-0.2, -0.15) is 0 Å². The fourth-order valence-electron chi connectivity index (χ4n) is 0.710. The Morgan fingerprint density at radius 3 is 2.50 bits per heavy atom. The van der Waals surface area contributed by atoms with Gasteiger partial charge in [0.1, 0.15) is 0 Å². The summed E-state index contributed by atoms with van der Waals surface area (Å²) < 4.78 is 0.905. The average Bonchev–Trinajstić information content (AvgIpc) is 2.13. The van der Waals surface area contributed by atoms with Gasteiger partial charge in [0.15, 0.2) is 0 Å². The summed E-state index contributed by atoms with van der Waals surface area (Å²) in [6.45, 7) is 5.93. The van der Waals surface area contributed by atoms with E-state index in [0.29, 0.717) is 0 Å². The molecule has 1 rings (SSSR count). The van der Waals surface area contributed by atoms with Gasteiger partial charge in [-0.3, -0.25) is 4.98 Å². The lowest BCUT2D eigenvalue weighted by Crippen LogP contribution is -1.90. The molecule has 0 aliphatic carbocycles. The van der Waals surface area contributed by atoms with Crippen LogP contribution in [-0.2, 0) is 6.61 Å². The Labute approximate surface area is 81.8 Å². The van der Waals surface area contributed by atoms with E-state index in [1.54, 1.807) is 6.20 Å². The van der Waals surface area contributed by atoms with E-state index >= 15 is 0 Å². The largest absolute Gasteiger partial charge is 0.392 e. The second-order valence-corrected chi connectivity index (χ2v) is 2.97. The maximum atomic E-state index is 8.78. The van der Waals surface area contributed by atoms with Gasteiger partial charge in [0.05, 0.1) is 6.61 Å². The molecular formula is C9H14BrNO. The van der Waals surface area contributed by atoms with Gasteiger partial charge in [0, 0.05) is 16.4 Å². The topological polar surface area (TPSA) is 33.1 Å². The van der Waals surface area contributed by atoms with Crippen molar-refractivity contribution >= 4 is 15.9 Å². The molecule has 0 unspecified atom stereocenters. The van der Waals surface area contributed by atoms with Crippen molar-refractivity contribution in [2.75, 3.05) is 0 Å². The minimum atomic E-state index is 0.0538. The Kier molecular flexibility index (Phi) is 5.93. The highest BCUT2D eigenvalue weighted by Crippen LogP contribution is 2.12. The van der Waals surface area contributed by atoms with E-state index in [1.807, 2.05) is 26.8 Å². The Morgan fingerprint density at radius 1 is 1.50 bits per heavy atom. The van der Waals surface area contributed by atoms with Gasteiger partial charge in [0.25, 0.3) is 0 Å². The summed E-state index contributed by atoms with van der Waals surface area (Å²) in [5.41, 5.74) is 1.75. The fraction of sp³-hybridized carbons (Fsp3) is 0.444. The maximum absolute atomic E-state index is 8.78. The number of aliphatic hydroxyl groups is 1. The third kappa shape index (κ3) is 3.32. The molecule has 1 heterocycles. The maximum Gasteiger partial charge on any atom is 0.0699 e. The van der Waals surface area contributed by atoms with Crippen LogP contribution in [0.5, 0.6) is 0 Å². The minimum absolute atomic E-state index is 0.0538. The van der Waals surface area contributed by atoms with Crippen molar-refractivity contribution in [3.05, 3.63) is 28.0 Å². The molecule has 12 heavy (non-hydrogen) atoms. The van der Waals surface area contributed by atoms with Gasteiger partial charge in [-0.1, -0.05) is 13.8 Å². The molecule has 0 saturated carbocycles. The van der Waals surface area contributed by atoms with Gasteiger partial charge in [-0.15, -0.1) is 0 Å². The van der Waals surface area contributed by atoms with Crippen LogP contribution in [0.25, 0.3) is 0 Å². The van der Waals surface area contributed by atoms with Crippen LogP contribution >= 0.6 is 15.9 Å². The predicted molar refractivity (Wildman–Crippen MR) is 53.9 cm³/mol. The van der Waals surface area contributed by atoms with Crippen molar-refractivity contribution in [3.63, 3.8) is 0 Å². The zero-order chi connectivity index (χ0) is 9.56. The number of hydrogen-bond donors (Lipinski definition) is 1. The first-order chi connectivity index (χ1) is 5.74. The first-order valence-corrected chi connectivity index (χ1v) is 4.75. The van der Waals surface area contributed by atoms with Crippen LogP contribution in [0.1, 0.15) is 25.1 Å². The monoisotopic (exact) mass is 231 g/mol. The number of hydrogen-bond acceptors (Lipinski definition) is 2. The minimum Gasteiger partial charge on any atom is -0.392 e. The van der Waals surface area contributed by atoms with Crippen molar-refractivity contribution in [2.45, 2.75) is 27.4 Å². The Morgan fingerprint density at radius 2 is 2.08 bits per heavy atom. The van der Waals surface area contributed by atoms with E-state index in [4.69, 9.17) is 5.11 Å². The molecule has 0 aliphatic rings. The number of aromatic nitrogens is 1. The first-order valence-electron chi connectivity index (χ1n) is 3.96. The highest BCUT2D eigenvalue weighted by Gasteiger charge is 1.96. The highest BCUT2D eigenvalue weighted by molar-refractivity contribution is 9.10. The van der Waals surface area contributed by atoms with Crippen molar-refractivity contribution in [1.82, 2.24) is 4.98 Å². The molecule has 1 aromatic heterocycles. The van der Waals surface area contributed by atoms with Crippen LogP contribution < -0.4 is 0 Å². The number of rotatable bonds is 1. The summed E-state index contributed by atoms with van der Waals surface area (Å²) in [5, 5.41) is 8.78. The van der Waals surface area contributed by atoms with E-state index in [-0.39, 0.29) is 6.61 Å². The molecule has 0 amide bonds. The highest BCUT2D eigenvalue weighted by atomic mass is 79.9. The van der Waals surface area contributed by atoms with Gasteiger partial charge < -0.3 is 5.11 Å². The summed E-state index contributed by atoms with van der Waals surface area (Å²) in [7, 11) is 0. The van der Waals surface area contributed by atoms with Gasteiger partial charge in [-0.25, -0.2) is 0 Å².